The van der Waals surface area contributed by atoms with Crippen molar-refractivity contribution < 1.29 is 4.39 Å². The molecular formula is C25H31ClFN3. The van der Waals surface area contributed by atoms with Crippen LogP contribution in [-0.2, 0) is 6.42 Å². The number of hydrogen-bond acceptors (Lipinski definition) is 2. The van der Waals surface area contributed by atoms with Crippen LogP contribution in [0.2, 0.25) is 5.02 Å². The van der Waals surface area contributed by atoms with E-state index >= 15 is 4.39 Å². The molecule has 2 aromatic rings. The highest BCUT2D eigenvalue weighted by Gasteiger charge is 2.46. The molecule has 160 valence electrons. The van der Waals surface area contributed by atoms with Crippen molar-refractivity contribution in [1.29, 1.82) is 0 Å². The van der Waals surface area contributed by atoms with Crippen molar-refractivity contribution in [2.24, 2.45) is 16.6 Å². The van der Waals surface area contributed by atoms with E-state index < -0.39 is 18.1 Å². The second kappa shape index (κ2) is 8.32. The molecule has 5 atom stereocenters. The lowest BCUT2D eigenvalue weighted by molar-refractivity contribution is 0.228. The second-order valence-corrected chi connectivity index (χ2v) is 9.17. The van der Waals surface area contributed by atoms with Crippen LogP contribution in [0.1, 0.15) is 43.7 Å². The van der Waals surface area contributed by atoms with Crippen LogP contribution in [0.25, 0.3) is 10.8 Å². The fourth-order valence-electron chi connectivity index (χ4n) is 5.13. The molecule has 0 saturated carbocycles. The highest BCUT2D eigenvalue weighted by molar-refractivity contribution is 6.31. The van der Waals surface area contributed by atoms with E-state index in [0.717, 1.165) is 53.6 Å². The molecule has 0 radical (unpaired) electrons. The Morgan fingerprint density at radius 3 is 2.83 bits per heavy atom. The molecule has 2 heterocycles. The number of alkyl halides is 1. The molecule has 2 aliphatic heterocycles. The van der Waals surface area contributed by atoms with Crippen molar-refractivity contribution in [3.05, 3.63) is 58.6 Å². The SMILES string of the molecule is C=C1CCC2CN2/C(=N/C)C1C(N)C(F)C(C)c1cc(Cl)cc2cccc(CC)c12. The maximum Gasteiger partial charge on any atom is 0.123 e. The van der Waals surface area contributed by atoms with Gasteiger partial charge in [-0.1, -0.05) is 55.8 Å². The molecule has 2 fully saturated rings. The number of hydrogen-bond donors (Lipinski definition) is 1. The van der Waals surface area contributed by atoms with E-state index in [4.69, 9.17) is 17.3 Å². The normalized spacial score (nSPS) is 25.7. The lowest BCUT2D eigenvalue weighted by atomic mass is 9.80. The summed E-state index contributed by atoms with van der Waals surface area (Å²) < 4.78 is 16.0. The lowest BCUT2D eigenvalue weighted by Crippen LogP contribution is -2.47. The third kappa shape index (κ3) is 3.65. The van der Waals surface area contributed by atoms with Gasteiger partial charge in [-0.25, -0.2) is 4.39 Å². The van der Waals surface area contributed by atoms with Crippen molar-refractivity contribution in [3.8, 4) is 0 Å². The minimum atomic E-state index is -1.24. The molecule has 0 amide bonds. The maximum absolute atomic E-state index is 16.0. The largest absolute Gasteiger partial charge is 0.353 e. The molecule has 5 unspecified atom stereocenters. The molecule has 2 saturated heterocycles. The zero-order valence-electron chi connectivity index (χ0n) is 18.0. The Balaban J connectivity index is 1.71. The summed E-state index contributed by atoms with van der Waals surface area (Å²) >= 11 is 6.42. The molecule has 30 heavy (non-hydrogen) atoms. The number of fused-ring (bicyclic) bond motifs is 2. The van der Waals surface area contributed by atoms with Crippen LogP contribution < -0.4 is 5.73 Å². The van der Waals surface area contributed by atoms with Gasteiger partial charge >= 0.3 is 0 Å². The fourth-order valence-corrected chi connectivity index (χ4v) is 5.37. The van der Waals surface area contributed by atoms with Gasteiger partial charge in [-0.3, -0.25) is 4.99 Å². The van der Waals surface area contributed by atoms with Gasteiger partial charge in [-0.2, -0.15) is 0 Å². The Labute approximate surface area is 183 Å². The molecule has 5 heteroatoms. The van der Waals surface area contributed by atoms with Gasteiger partial charge in [0.25, 0.3) is 0 Å². The number of nitrogens with zero attached hydrogens (tertiary/aromatic N) is 2. The summed E-state index contributed by atoms with van der Waals surface area (Å²) in [7, 11) is 1.78. The van der Waals surface area contributed by atoms with Crippen LogP contribution in [0.3, 0.4) is 0 Å². The van der Waals surface area contributed by atoms with E-state index in [0.29, 0.717) is 11.1 Å². The highest BCUT2D eigenvalue weighted by atomic mass is 35.5. The van der Waals surface area contributed by atoms with E-state index in [1.807, 2.05) is 31.2 Å². The van der Waals surface area contributed by atoms with E-state index in [9.17, 15) is 0 Å². The topological polar surface area (TPSA) is 41.4 Å². The Morgan fingerprint density at radius 1 is 1.37 bits per heavy atom. The molecular weight excluding hydrogens is 397 g/mol. The zero-order chi connectivity index (χ0) is 21.6. The zero-order valence-corrected chi connectivity index (χ0v) is 18.8. The third-order valence-electron chi connectivity index (χ3n) is 6.91. The quantitative estimate of drug-likeness (QED) is 0.505. The maximum atomic E-state index is 16.0. The minimum Gasteiger partial charge on any atom is -0.353 e. The van der Waals surface area contributed by atoms with Gasteiger partial charge in [0.05, 0.1) is 5.92 Å². The van der Waals surface area contributed by atoms with Crippen LogP contribution in [0, 0.1) is 5.92 Å². The van der Waals surface area contributed by atoms with Gasteiger partial charge in [0.15, 0.2) is 0 Å². The number of halogens is 2. The summed E-state index contributed by atoms with van der Waals surface area (Å²) in [5.74, 6) is 0.249. The van der Waals surface area contributed by atoms with Crippen molar-refractivity contribution >= 4 is 28.2 Å². The number of rotatable bonds is 5. The van der Waals surface area contributed by atoms with E-state index in [1.54, 1.807) is 7.05 Å². The molecule has 2 aliphatic rings. The van der Waals surface area contributed by atoms with Crippen LogP contribution >= 0.6 is 11.6 Å². The Kier molecular flexibility index (Phi) is 5.91. The Hall–Kier alpha value is -1.91. The average molecular weight is 428 g/mol. The smallest absolute Gasteiger partial charge is 0.123 e. The number of benzene rings is 2. The molecule has 0 spiro atoms. The van der Waals surface area contributed by atoms with Crippen LogP contribution in [0.5, 0.6) is 0 Å². The molecule has 2 aromatic carbocycles. The Bertz CT molecular complexity index is 1000. The van der Waals surface area contributed by atoms with Crippen LogP contribution in [0.15, 0.2) is 47.5 Å². The number of aliphatic imine (C=N–C) groups is 1. The number of aryl methyl sites for hydroxylation is 1. The molecule has 0 aromatic heterocycles. The fraction of sp³-hybridized carbons (Fsp3) is 0.480. The van der Waals surface area contributed by atoms with Gasteiger partial charge in [-0.05, 0) is 53.3 Å². The van der Waals surface area contributed by atoms with Gasteiger partial charge in [0, 0.05) is 36.6 Å². The summed E-state index contributed by atoms with van der Waals surface area (Å²) in [4.78, 5) is 6.76. The summed E-state index contributed by atoms with van der Waals surface area (Å²) in [5, 5.41) is 2.77. The first kappa shape index (κ1) is 21.3. The molecule has 0 aliphatic carbocycles. The first-order chi connectivity index (χ1) is 14.4. The van der Waals surface area contributed by atoms with E-state index in [1.165, 1.54) is 5.56 Å². The van der Waals surface area contributed by atoms with Gasteiger partial charge in [-0.15, -0.1) is 0 Å². The highest BCUT2D eigenvalue weighted by Crippen LogP contribution is 2.40. The molecule has 3 nitrogen and oxygen atoms in total. The standard InChI is InChI=1S/C25H31ClFN3/c1-5-16-7-6-8-17-11-18(26)12-20(22(16)17)15(3)23(27)24(28)21-14(2)9-10-19-13-30(19)25(21)29-4/h6-8,11-12,15,19,21,23-24H,2,5,9-10,13,28H2,1,3-4H3/b29-25+. The van der Waals surface area contributed by atoms with Crippen molar-refractivity contribution in [1.82, 2.24) is 4.90 Å². The average Bonchev–Trinajstić information content (AvgIpc) is 3.52. The molecule has 2 N–H and O–H groups in total. The number of nitrogens with two attached hydrogens (primary N) is 1. The van der Waals surface area contributed by atoms with Crippen molar-refractivity contribution in [2.75, 3.05) is 13.6 Å². The minimum absolute atomic E-state index is 0.254. The number of amidine groups is 1. The predicted octanol–water partition coefficient (Wildman–Crippen LogP) is 5.50. The van der Waals surface area contributed by atoms with Crippen molar-refractivity contribution in [2.45, 2.75) is 57.3 Å². The summed E-state index contributed by atoms with van der Waals surface area (Å²) in [6.45, 7) is 9.30. The van der Waals surface area contributed by atoms with Crippen molar-refractivity contribution in [3.63, 3.8) is 0 Å². The second-order valence-electron chi connectivity index (χ2n) is 8.74. The van der Waals surface area contributed by atoms with Crippen LogP contribution in [-0.4, -0.2) is 42.6 Å². The predicted molar refractivity (Wildman–Crippen MR) is 125 cm³/mol. The summed E-state index contributed by atoms with van der Waals surface area (Å²) in [5.41, 5.74) is 9.74. The van der Waals surface area contributed by atoms with Gasteiger partial charge in [0.2, 0.25) is 0 Å². The van der Waals surface area contributed by atoms with Crippen LogP contribution in [0.4, 0.5) is 4.39 Å². The monoisotopic (exact) mass is 427 g/mol. The molecule has 4 rings (SSSR count). The summed E-state index contributed by atoms with van der Waals surface area (Å²) in [6, 6.07) is 9.85. The third-order valence-corrected chi connectivity index (χ3v) is 7.13. The lowest BCUT2D eigenvalue weighted by Gasteiger charge is -2.32. The first-order valence-electron chi connectivity index (χ1n) is 10.9. The van der Waals surface area contributed by atoms with Gasteiger partial charge < -0.3 is 10.6 Å². The summed E-state index contributed by atoms with van der Waals surface area (Å²) in [6.07, 6.45) is 1.56. The van der Waals surface area contributed by atoms with E-state index in [-0.39, 0.29) is 5.92 Å². The van der Waals surface area contributed by atoms with E-state index in [2.05, 4.69) is 29.5 Å². The molecule has 0 bridgehead atoms. The first-order valence-corrected chi connectivity index (χ1v) is 11.3. The van der Waals surface area contributed by atoms with Gasteiger partial charge in [0.1, 0.15) is 12.0 Å². The Morgan fingerprint density at radius 2 is 2.13 bits per heavy atom.